The van der Waals surface area contributed by atoms with Crippen LogP contribution in [0.3, 0.4) is 0 Å². The zero-order valence-corrected chi connectivity index (χ0v) is 9.58. The minimum atomic E-state index is 0.505. The van der Waals surface area contributed by atoms with Gasteiger partial charge >= 0.3 is 0 Å². The normalized spacial score (nSPS) is 29.1. The molecule has 0 aromatic carbocycles. The van der Waals surface area contributed by atoms with E-state index in [1.54, 1.807) is 0 Å². The van der Waals surface area contributed by atoms with Crippen LogP contribution in [-0.2, 0) is 4.74 Å². The second-order valence-electron chi connectivity index (χ2n) is 5.46. The fraction of sp³-hybridized carbons (Fsp3) is 1.00. The van der Waals surface area contributed by atoms with Gasteiger partial charge in [0.25, 0.3) is 0 Å². The van der Waals surface area contributed by atoms with Crippen molar-refractivity contribution in [2.45, 2.75) is 33.1 Å². The van der Waals surface area contributed by atoms with Crippen molar-refractivity contribution in [2.75, 3.05) is 24.7 Å². The lowest BCUT2D eigenvalue weighted by Crippen LogP contribution is -2.42. The van der Waals surface area contributed by atoms with E-state index in [1.807, 2.05) is 0 Å². The molecule has 0 bridgehead atoms. The molecule has 13 heavy (non-hydrogen) atoms. The van der Waals surface area contributed by atoms with E-state index in [0.717, 1.165) is 13.2 Å². The zero-order valence-electron chi connectivity index (χ0n) is 8.77. The molecule has 0 aromatic rings. The highest BCUT2D eigenvalue weighted by Gasteiger charge is 2.36. The molecular formula is C11H20OS. The van der Waals surface area contributed by atoms with Crippen molar-refractivity contribution in [3.63, 3.8) is 0 Å². The molecule has 1 nitrogen and oxygen atoms in total. The van der Waals surface area contributed by atoms with Gasteiger partial charge in [-0.1, -0.05) is 20.3 Å². The lowest BCUT2D eigenvalue weighted by atomic mass is 9.72. The third kappa shape index (κ3) is 2.21. The molecule has 0 spiro atoms. The molecule has 1 saturated heterocycles. The first-order chi connectivity index (χ1) is 6.12. The van der Waals surface area contributed by atoms with Gasteiger partial charge in [0.2, 0.25) is 0 Å². The predicted molar refractivity (Wildman–Crippen MR) is 58.2 cm³/mol. The largest absolute Gasteiger partial charge is 0.380 e. The second-order valence-corrected chi connectivity index (χ2v) is 6.45. The van der Waals surface area contributed by atoms with Crippen LogP contribution in [0.15, 0.2) is 0 Å². The summed E-state index contributed by atoms with van der Waals surface area (Å²) in [7, 11) is 0. The summed E-state index contributed by atoms with van der Waals surface area (Å²) in [5.41, 5.74) is 1.19. The van der Waals surface area contributed by atoms with Crippen molar-refractivity contribution >= 4 is 11.8 Å². The monoisotopic (exact) mass is 200 g/mol. The molecule has 2 fully saturated rings. The fourth-order valence-corrected chi connectivity index (χ4v) is 3.55. The number of rotatable bonds is 4. The fourth-order valence-electron chi connectivity index (χ4n) is 2.00. The van der Waals surface area contributed by atoms with Gasteiger partial charge in [-0.3, -0.25) is 0 Å². The summed E-state index contributed by atoms with van der Waals surface area (Å²) in [5.74, 6) is 2.66. The van der Waals surface area contributed by atoms with Crippen LogP contribution in [0.4, 0.5) is 0 Å². The van der Waals surface area contributed by atoms with E-state index >= 15 is 0 Å². The second kappa shape index (κ2) is 3.47. The molecule has 1 aliphatic heterocycles. The molecule has 2 rings (SSSR count). The van der Waals surface area contributed by atoms with Gasteiger partial charge in [0, 0.05) is 11.2 Å². The summed E-state index contributed by atoms with van der Waals surface area (Å²) in [6.45, 7) is 6.74. The molecule has 76 valence electrons. The van der Waals surface area contributed by atoms with E-state index in [0.29, 0.717) is 10.8 Å². The maximum Gasteiger partial charge on any atom is 0.0550 e. The smallest absolute Gasteiger partial charge is 0.0550 e. The molecular weight excluding hydrogens is 180 g/mol. The molecule has 1 heterocycles. The minimum Gasteiger partial charge on any atom is -0.380 e. The van der Waals surface area contributed by atoms with Crippen molar-refractivity contribution in [3.8, 4) is 0 Å². The molecule has 0 atom stereocenters. The summed E-state index contributed by atoms with van der Waals surface area (Å²) < 4.78 is 5.25. The molecule has 0 amide bonds. The number of hydrogen-bond acceptors (Lipinski definition) is 2. The summed E-state index contributed by atoms with van der Waals surface area (Å²) in [5, 5.41) is 0. The SMILES string of the molecule is CC1(CSCC2(C)COC2)CCC1. The summed E-state index contributed by atoms with van der Waals surface area (Å²) in [6, 6.07) is 0. The summed E-state index contributed by atoms with van der Waals surface area (Å²) in [4.78, 5) is 0. The molecule has 0 N–H and O–H groups in total. The highest BCUT2D eigenvalue weighted by Crippen LogP contribution is 2.44. The molecule has 0 aromatic heterocycles. The average molecular weight is 200 g/mol. The van der Waals surface area contributed by atoms with E-state index in [2.05, 4.69) is 25.6 Å². The Kier molecular flexibility index (Phi) is 2.63. The van der Waals surface area contributed by atoms with Crippen molar-refractivity contribution in [1.29, 1.82) is 0 Å². The zero-order chi connectivity index (χ0) is 9.36. The average Bonchev–Trinajstić information content (AvgIpc) is 1.98. The Morgan fingerprint density at radius 2 is 1.69 bits per heavy atom. The molecule has 1 saturated carbocycles. The Labute approximate surface area is 85.6 Å². The van der Waals surface area contributed by atoms with Gasteiger partial charge in [0.15, 0.2) is 0 Å². The quantitative estimate of drug-likeness (QED) is 0.690. The first kappa shape index (κ1) is 9.85. The van der Waals surface area contributed by atoms with Crippen LogP contribution in [0.1, 0.15) is 33.1 Å². The van der Waals surface area contributed by atoms with E-state index < -0.39 is 0 Å². The van der Waals surface area contributed by atoms with Gasteiger partial charge in [-0.15, -0.1) is 0 Å². The van der Waals surface area contributed by atoms with Crippen molar-refractivity contribution in [3.05, 3.63) is 0 Å². The van der Waals surface area contributed by atoms with Crippen LogP contribution >= 0.6 is 11.8 Å². The minimum absolute atomic E-state index is 0.505. The highest BCUT2D eigenvalue weighted by molar-refractivity contribution is 7.99. The number of ether oxygens (including phenoxy) is 1. The van der Waals surface area contributed by atoms with Crippen LogP contribution < -0.4 is 0 Å². The molecule has 2 aliphatic rings. The molecule has 0 radical (unpaired) electrons. The molecule has 2 heteroatoms. The Bertz CT molecular complexity index is 163. The van der Waals surface area contributed by atoms with Gasteiger partial charge in [0.1, 0.15) is 0 Å². The maximum absolute atomic E-state index is 5.25. The predicted octanol–water partition coefficient (Wildman–Crippen LogP) is 2.95. The summed E-state index contributed by atoms with van der Waals surface area (Å²) in [6.07, 6.45) is 4.36. The van der Waals surface area contributed by atoms with Gasteiger partial charge < -0.3 is 4.74 Å². The lowest BCUT2D eigenvalue weighted by Gasteiger charge is -2.41. The van der Waals surface area contributed by atoms with Crippen LogP contribution in [0.2, 0.25) is 0 Å². The van der Waals surface area contributed by atoms with Crippen LogP contribution in [-0.4, -0.2) is 24.7 Å². The third-order valence-electron chi connectivity index (χ3n) is 3.36. The third-order valence-corrected chi connectivity index (χ3v) is 5.16. The van der Waals surface area contributed by atoms with Crippen molar-refractivity contribution in [1.82, 2.24) is 0 Å². The van der Waals surface area contributed by atoms with E-state index in [-0.39, 0.29) is 0 Å². The highest BCUT2D eigenvalue weighted by atomic mass is 32.2. The van der Waals surface area contributed by atoms with Crippen molar-refractivity contribution in [2.24, 2.45) is 10.8 Å². The molecule has 0 unspecified atom stereocenters. The van der Waals surface area contributed by atoms with Crippen LogP contribution in [0, 0.1) is 10.8 Å². The van der Waals surface area contributed by atoms with Gasteiger partial charge in [-0.2, -0.15) is 11.8 Å². The van der Waals surface area contributed by atoms with Crippen LogP contribution in [0.5, 0.6) is 0 Å². The van der Waals surface area contributed by atoms with E-state index in [9.17, 15) is 0 Å². The van der Waals surface area contributed by atoms with Gasteiger partial charge in [-0.05, 0) is 24.0 Å². The Morgan fingerprint density at radius 1 is 1.08 bits per heavy atom. The van der Waals surface area contributed by atoms with Crippen LogP contribution in [0.25, 0.3) is 0 Å². The van der Waals surface area contributed by atoms with Crippen molar-refractivity contribution < 1.29 is 4.74 Å². The molecule has 1 aliphatic carbocycles. The summed E-state index contributed by atoms with van der Waals surface area (Å²) >= 11 is 2.14. The van der Waals surface area contributed by atoms with Gasteiger partial charge in [0.05, 0.1) is 13.2 Å². The first-order valence-corrected chi connectivity index (χ1v) is 6.43. The standard InChI is InChI=1S/C11H20OS/c1-10(4-3-5-10)8-13-9-11(2)6-12-7-11/h3-9H2,1-2H3. The maximum atomic E-state index is 5.25. The number of thioether (sulfide) groups is 1. The first-order valence-electron chi connectivity index (χ1n) is 5.28. The van der Waals surface area contributed by atoms with Gasteiger partial charge in [-0.25, -0.2) is 0 Å². The topological polar surface area (TPSA) is 9.23 Å². The Hall–Kier alpha value is 0.310. The van der Waals surface area contributed by atoms with E-state index in [4.69, 9.17) is 4.74 Å². The lowest BCUT2D eigenvalue weighted by molar-refractivity contribution is -0.0861. The number of hydrogen-bond donors (Lipinski definition) is 0. The van der Waals surface area contributed by atoms with E-state index in [1.165, 1.54) is 30.8 Å². The Balaban J connectivity index is 1.63. The Morgan fingerprint density at radius 3 is 2.08 bits per heavy atom.